The Kier molecular flexibility index (Phi) is 6.14. The van der Waals surface area contributed by atoms with E-state index >= 15 is 0 Å². The smallest absolute Gasteiger partial charge is 0.234 e. The molecular weight excluding hydrogens is 354 g/mol. The summed E-state index contributed by atoms with van der Waals surface area (Å²) in [6.45, 7) is 10.7. The van der Waals surface area contributed by atoms with Gasteiger partial charge in [0.25, 0.3) is 0 Å². The van der Waals surface area contributed by atoms with E-state index in [1.54, 1.807) is 0 Å². The zero-order chi connectivity index (χ0) is 20.3. The van der Waals surface area contributed by atoms with Crippen molar-refractivity contribution in [2.24, 2.45) is 0 Å². The summed E-state index contributed by atoms with van der Waals surface area (Å²) in [5.74, 6) is -0.0397. The van der Waals surface area contributed by atoms with Crippen LogP contribution in [0.4, 0.5) is 0 Å². The van der Waals surface area contributed by atoms with Crippen molar-refractivity contribution in [1.82, 2.24) is 25.3 Å². The van der Waals surface area contributed by atoms with Crippen LogP contribution >= 0.6 is 0 Å². The minimum Gasteiger partial charge on any atom is -0.351 e. The van der Waals surface area contributed by atoms with E-state index in [-0.39, 0.29) is 17.9 Å². The van der Waals surface area contributed by atoms with E-state index in [1.165, 1.54) is 18.1 Å². The average Bonchev–Trinajstić information content (AvgIpc) is 3.04. The van der Waals surface area contributed by atoms with Crippen LogP contribution in [0.5, 0.6) is 0 Å². The van der Waals surface area contributed by atoms with Crippen molar-refractivity contribution < 1.29 is 9.59 Å². The molecule has 1 aromatic carbocycles. The summed E-state index contributed by atoms with van der Waals surface area (Å²) in [6, 6.07) is 8.30. The zero-order valence-corrected chi connectivity index (χ0v) is 17.1. The summed E-state index contributed by atoms with van der Waals surface area (Å²) in [4.78, 5) is 25.8. The van der Waals surface area contributed by atoms with E-state index in [9.17, 15) is 9.59 Å². The third-order valence-corrected chi connectivity index (χ3v) is 5.09. The average molecular weight is 383 g/mol. The number of hydrogen-bond donors (Lipinski definition) is 2. The second kappa shape index (κ2) is 8.56. The molecule has 7 nitrogen and oxygen atoms in total. The maximum Gasteiger partial charge on any atom is 0.234 e. The fourth-order valence-corrected chi connectivity index (χ4v) is 3.61. The second-order valence-corrected chi connectivity index (χ2v) is 7.62. The van der Waals surface area contributed by atoms with Crippen molar-refractivity contribution in [3.63, 3.8) is 0 Å². The van der Waals surface area contributed by atoms with Crippen LogP contribution in [0, 0.1) is 13.8 Å². The minimum atomic E-state index is -0.0674. The van der Waals surface area contributed by atoms with Gasteiger partial charge in [-0.25, -0.2) is 0 Å². The summed E-state index contributed by atoms with van der Waals surface area (Å²) in [7, 11) is 0. The van der Waals surface area contributed by atoms with Gasteiger partial charge in [-0.3, -0.25) is 19.2 Å². The molecule has 150 valence electrons. The number of carbonyl (C=O) groups excluding carboxylic acids is 2. The number of aromatic nitrogens is 2. The first-order valence-electron chi connectivity index (χ1n) is 9.70. The molecular formula is C21H29N5O2. The Balaban J connectivity index is 1.55. The number of nitrogens with one attached hydrogen (secondary N) is 2. The Morgan fingerprint density at radius 2 is 2.00 bits per heavy atom. The number of benzene rings is 1. The molecule has 2 heterocycles. The van der Waals surface area contributed by atoms with Gasteiger partial charge in [0.05, 0.1) is 37.1 Å². The molecule has 1 aromatic heterocycles. The van der Waals surface area contributed by atoms with Crippen LogP contribution in [0.3, 0.4) is 0 Å². The molecule has 0 saturated carbocycles. The summed E-state index contributed by atoms with van der Waals surface area (Å²) in [6.07, 6.45) is 0. The van der Waals surface area contributed by atoms with Gasteiger partial charge in [-0.2, -0.15) is 5.10 Å². The molecule has 0 fully saturated rings. The summed E-state index contributed by atoms with van der Waals surface area (Å²) >= 11 is 0. The minimum absolute atomic E-state index is 0.0213. The Morgan fingerprint density at radius 3 is 2.75 bits per heavy atom. The normalized spacial score (nSPS) is 15.0. The molecule has 0 unspecified atom stereocenters. The summed E-state index contributed by atoms with van der Waals surface area (Å²) in [5.41, 5.74) is 5.46. The molecule has 1 atom stereocenters. The van der Waals surface area contributed by atoms with Crippen molar-refractivity contribution in [2.45, 2.75) is 53.4 Å². The van der Waals surface area contributed by atoms with Crippen LogP contribution in [0.2, 0.25) is 0 Å². The van der Waals surface area contributed by atoms with Crippen LogP contribution in [-0.2, 0) is 29.2 Å². The number of fused-ring (bicyclic) bond motifs is 1. The molecule has 1 aliphatic heterocycles. The Hall–Kier alpha value is -2.67. The number of hydrogen-bond acceptors (Lipinski definition) is 4. The van der Waals surface area contributed by atoms with E-state index in [4.69, 9.17) is 0 Å². The molecule has 2 N–H and O–H groups in total. The highest BCUT2D eigenvalue weighted by Crippen LogP contribution is 2.19. The lowest BCUT2D eigenvalue weighted by Gasteiger charge is -2.27. The third kappa shape index (κ3) is 4.98. The molecule has 0 bridgehead atoms. The van der Waals surface area contributed by atoms with E-state index in [0.717, 1.165) is 30.0 Å². The molecule has 7 heteroatoms. The quantitative estimate of drug-likeness (QED) is 0.798. The van der Waals surface area contributed by atoms with Gasteiger partial charge in [0.1, 0.15) is 0 Å². The predicted molar refractivity (Wildman–Crippen MR) is 107 cm³/mol. The van der Waals surface area contributed by atoms with E-state index in [2.05, 4.69) is 52.7 Å². The van der Waals surface area contributed by atoms with Gasteiger partial charge in [-0.05, 0) is 38.0 Å². The van der Waals surface area contributed by atoms with Gasteiger partial charge in [0.2, 0.25) is 11.8 Å². The largest absolute Gasteiger partial charge is 0.351 e. The lowest BCUT2D eigenvalue weighted by molar-refractivity contribution is -0.123. The highest BCUT2D eigenvalue weighted by Gasteiger charge is 2.21. The van der Waals surface area contributed by atoms with Crippen LogP contribution in [-0.4, -0.2) is 39.6 Å². The first-order valence-corrected chi connectivity index (χ1v) is 9.70. The molecule has 0 aliphatic carbocycles. The summed E-state index contributed by atoms with van der Waals surface area (Å²) < 4.78 is 1.96. The number of amides is 2. The molecule has 3 rings (SSSR count). The van der Waals surface area contributed by atoms with Gasteiger partial charge in [-0.15, -0.1) is 0 Å². The van der Waals surface area contributed by atoms with Crippen LogP contribution in [0.1, 0.15) is 48.0 Å². The van der Waals surface area contributed by atoms with Crippen molar-refractivity contribution >= 4 is 11.8 Å². The van der Waals surface area contributed by atoms with Crippen molar-refractivity contribution in [1.29, 1.82) is 0 Å². The van der Waals surface area contributed by atoms with Gasteiger partial charge < -0.3 is 10.6 Å². The first kappa shape index (κ1) is 20.1. The highest BCUT2D eigenvalue weighted by atomic mass is 16.2. The Bertz CT molecular complexity index is 874. The molecule has 0 spiro atoms. The molecule has 2 aromatic rings. The molecule has 0 radical (unpaired) electrons. The van der Waals surface area contributed by atoms with Crippen LogP contribution in [0.15, 0.2) is 24.3 Å². The monoisotopic (exact) mass is 383 g/mol. The van der Waals surface area contributed by atoms with Crippen molar-refractivity contribution in [2.75, 3.05) is 13.1 Å². The zero-order valence-electron chi connectivity index (χ0n) is 17.1. The van der Waals surface area contributed by atoms with Crippen molar-refractivity contribution in [3.05, 3.63) is 52.3 Å². The van der Waals surface area contributed by atoms with Crippen LogP contribution < -0.4 is 10.6 Å². The van der Waals surface area contributed by atoms with E-state index < -0.39 is 0 Å². The van der Waals surface area contributed by atoms with Gasteiger partial charge in [-0.1, -0.05) is 23.8 Å². The first-order chi connectivity index (χ1) is 13.3. The second-order valence-electron chi connectivity index (χ2n) is 7.62. The number of aryl methyl sites for hydroxylation is 2. The maximum atomic E-state index is 12.6. The standard InChI is InChI=1S/C21H29N5O2/c1-14-5-6-15(2)20(9-14)16(3)23-21(28)13-25-7-8-26-19(12-25)10-18(24-26)11-22-17(4)27/h5-6,9-10,16H,7-8,11-13H2,1-4H3,(H,22,27)(H,23,28)/t16-/m0/s1. The summed E-state index contributed by atoms with van der Waals surface area (Å²) in [5, 5.41) is 10.4. The van der Waals surface area contributed by atoms with Gasteiger partial charge >= 0.3 is 0 Å². The highest BCUT2D eigenvalue weighted by molar-refractivity contribution is 5.78. The lowest BCUT2D eigenvalue weighted by Crippen LogP contribution is -2.42. The van der Waals surface area contributed by atoms with Crippen LogP contribution in [0.25, 0.3) is 0 Å². The SMILES string of the molecule is CC(=O)NCc1cc2n(n1)CCN(CC(=O)N[C@@H](C)c1cc(C)ccc1C)C2. The number of carbonyl (C=O) groups is 2. The predicted octanol–water partition coefficient (Wildman–Crippen LogP) is 1.83. The number of nitrogens with zero attached hydrogens (tertiary/aromatic N) is 3. The molecule has 0 saturated heterocycles. The van der Waals surface area contributed by atoms with Crippen molar-refractivity contribution in [3.8, 4) is 0 Å². The van der Waals surface area contributed by atoms with Gasteiger partial charge in [0.15, 0.2) is 0 Å². The molecule has 28 heavy (non-hydrogen) atoms. The third-order valence-electron chi connectivity index (χ3n) is 5.09. The van der Waals surface area contributed by atoms with Gasteiger partial charge in [0, 0.05) is 20.0 Å². The fourth-order valence-electron chi connectivity index (χ4n) is 3.61. The molecule has 1 aliphatic rings. The lowest BCUT2D eigenvalue weighted by atomic mass is 10.00. The van der Waals surface area contributed by atoms with E-state index in [0.29, 0.717) is 19.6 Å². The Labute approximate surface area is 166 Å². The topological polar surface area (TPSA) is 79.3 Å². The Morgan fingerprint density at radius 1 is 1.21 bits per heavy atom. The maximum absolute atomic E-state index is 12.6. The fraction of sp³-hybridized carbons (Fsp3) is 0.476. The van der Waals surface area contributed by atoms with E-state index in [1.807, 2.05) is 17.7 Å². The molecule has 2 amide bonds. The number of rotatable bonds is 6.